The molecule has 1 amide bonds. The van der Waals surface area contributed by atoms with E-state index in [-0.39, 0.29) is 5.91 Å². The van der Waals surface area contributed by atoms with E-state index >= 15 is 0 Å². The van der Waals surface area contributed by atoms with Crippen molar-refractivity contribution < 1.29 is 4.79 Å². The van der Waals surface area contributed by atoms with Crippen molar-refractivity contribution in [2.75, 3.05) is 5.32 Å². The molecule has 110 valence electrons. The molecule has 22 heavy (non-hydrogen) atoms. The largest absolute Gasteiger partial charge is 0.298 e. The van der Waals surface area contributed by atoms with Crippen molar-refractivity contribution >= 4 is 38.7 Å². The average molecular weight is 308 g/mol. The van der Waals surface area contributed by atoms with Gasteiger partial charge in [0, 0.05) is 6.08 Å². The highest BCUT2D eigenvalue weighted by Crippen LogP contribution is 2.27. The Bertz CT molecular complexity index is 847. The molecule has 0 aliphatic carbocycles. The highest BCUT2D eigenvalue weighted by atomic mass is 32.1. The number of aromatic nitrogens is 1. The van der Waals surface area contributed by atoms with Gasteiger partial charge in [-0.1, -0.05) is 53.3 Å². The van der Waals surface area contributed by atoms with E-state index in [0.29, 0.717) is 5.13 Å². The Morgan fingerprint density at radius 1 is 1.14 bits per heavy atom. The third kappa shape index (κ3) is 3.23. The molecule has 0 bridgehead atoms. The molecule has 0 spiro atoms. The van der Waals surface area contributed by atoms with Crippen LogP contribution in [-0.2, 0) is 4.79 Å². The molecule has 0 saturated heterocycles. The fraction of sp³-hybridized carbons (Fsp3) is 0.111. The van der Waals surface area contributed by atoms with Crippen molar-refractivity contribution in [3.05, 3.63) is 65.2 Å². The summed E-state index contributed by atoms with van der Waals surface area (Å²) in [6.45, 7) is 4.06. The Morgan fingerprint density at radius 2 is 1.91 bits per heavy atom. The molecular formula is C18H16N2OS. The minimum absolute atomic E-state index is 0.169. The minimum atomic E-state index is -0.169. The first-order valence-corrected chi connectivity index (χ1v) is 7.85. The first-order valence-electron chi connectivity index (χ1n) is 7.04. The monoisotopic (exact) mass is 308 g/mol. The molecule has 0 radical (unpaired) electrons. The van der Waals surface area contributed by atoms with Crippen LogP contribution in [0.25, 0.3) is 16.3 Å². The first kappa shape index (κ1) is 14.5. The van der Waals surface area contributed by atoms with Gasteiger partial charge in [-0.3, -0.25) is 10.1 Å². The zero-order chi connectivity index (χ0) is 15.5. The van der Waals surface area contributed by atoms with Gasteiger partial charge in [0.05, 0.1) is 10.2 Å². The molecule has 4 heteroatoms. The summed E-state index contributed by atoms with van der Waals surface area (Å²) in [4.78, 5) is 16.5. The van der Waals surface area contributed by atoms with Crippen LogP contribution in [0.5, 0.6) is 0 Å². The topological polar surface area (TPSA) is 42.0 Å². The normalized spacial score (nSPS) is 11.2. The third-order valence-corrected chi connectivity index (χ3v) is 4.29. The van der Waals surface area contributed by atoms with Crippen LogP contribution in [0, 0.1) is 13.8 Å². The molecule has 0 unspecified atom stereocenters. The molecule has 3 rings (SSSR count). The van der Waals surface area contributed by atoms with Crippen molar-refractivity contribution in [1.82, 2.24) is 4.98 Å². The number of hydrogen-bond donors (Lipinski definition) is 1. The van der Waals surface area contributed by atoms with Crippen LogP contribution in [0.1, 0.15) is 16.7 Å². The summed E-state index contributed by atoms with van der Waals surface area (Å²) < 4.78 is 1.08. The second-order valence-corrected chi connectivity index (χ2v) is 6.20. The number of fused-ring (bicyclic) bond motifs is 1. The molecule has 0 saturated carbocycles. The number of carbonyl (C=O) groups is 1. The Kier molecular flexibility index (Phi) is 4.02. The van der Waals surface area contributed by atoms with E-state index in [4.69, 9.17) is 0 Å². The standard InChI is InChI=1S/C18H16N2OS/c1-12-6-8-14(9-7-12)10-11-16(21)19-18-20-17-13(2)4-3-5-15(17)22-18/h3-11H,1-2H3,(H,19,20,21)/b11-10+. The van der Waals surface area contributed by atoms with Gasteiger partial charge in [-0.2, -0.15) is 0 Å². The van der Waals surface area contributed by atoms with Gasteiger partial charge in [0.1, 0.15) is 0 Å². The van der Waals surface area contributed by atoms with Crippen LogP contribution in [0.4, 0.5) is 5.13 Å². The van der Waals surface area contributed by atoms with Gasteiger partial charge in [-0.15, -0.1) is 0 Å². The number of para-hydroxylation sites is 1. The quantitative estimate of drug-likeness (QED) is 0.720. The zero-order valence-corrected chi connectivity index (χ0v) is 13.3. The molecule has 0 aliphatic rings. The van der Waals surface area contributed by atoms with Gasteiger partial charge in [-0.05, 0) is 37.1 Å². The van der Waals surface area contributed by atoms with Crippen LogP contribution in [0.2, 0.25) is 0 Å². The molecule has 0 fully saturated rings. The second kappa shape index (κ2) is 6.12. The number of thiazole rings is 1. The Balaban J connectivity index is 1.72. The Morgan fingerprint density at radius 3 is 2.64 bits per heavy atom. The van der Waals surface area contributed by atoms with Crippen LogP contribution in [0.15, 0.2) is 48.5 Å². The van der Waals surface area contributed by atoms with Gasteiger partial charge in [-0.25, -0.2) is 4.98 Å². The molecule has 0 atom stereocenters. The SMILES string of the molecule is Cc1ccc(/C=C/C(=O)Nc2nc3c(C)cccc3s2)cc1. The number of anilines is 1. The lowest BCUT2D eigenvalue weighted by molar-refractivity contribution is -0.111. The van der Waals surface area contributed by atoms with Gasteiger partial charge in [0.25, 0.3) is 0 Å². The Labute approximate surface area is 133 Å². The van der Waals surface area contributed by atoms with E-state index in [1.807, 2.05) is 56.3 Å². The number of amides is 1. The summed E-state index contributed by atoms with van der Waals surface area (Å²) in [5, 5.41) is 3.45. The first-order chi connectivity index (χ1) is 10.6. The minimum Gasteiger partial charge on any atom is -0.298 e. The average Bonchev–Trinajstić information content (AvgIpc) is 2.90. The molecule has 1 heterocycles. The predicted octanol–water partition coefficient (Wildman–Crippen LogP) is 4.57. The van der Waals surface area contributed by atoms with Crippen LogP contribution in [0.3, 0.4) is 0 Å². The van der Waals surface area contributed by atoms with Gasteiger partial charge >= 0.3 is 0 Å². The molecule has 1 N–H and O–H groups in total. The number of carbonyl (C=O) groups excluding carboxylic acids is 1. The van der Waals surface area contributed by atoms with Gasteiger partial charge in [0.15, 0.2) is 5.13 Å². The fourth-order valence-corrected chi connectivity index (χ4v) is 3.08. The summed E-state index contributed by atoms with van der Waals surface area (Å²) in [5.41, 5.74) is 4.27. The molecule has 1 aromatic heterocycles. The number of hydrogen-bond acceptors (Lipinski definition) is 3. The second-order valence-electron chi connectivity index (χ2n) is 5.17. The predicted molar refractivity (Wildman–Crippen MR) is 93.2 cm³/mol. The van der Waals surface area contributed by atoms with Crippen molar-refractivity contribution in [1.29, 1.82) is 0 Å². The zero-order valence-electron chi connectivity index (χ0n) is 12.5. The number of aryl methyl sites for hydroxylation is 2. The Hall–Kier alpha value is -2.46. The third-order valence-electron chi connectivity index (χ3n) is 3.36. The summed E-state index contributed by atoms with van der Waals surface area (Å²) >= 11 is 1.49. The number of nitrogens with one attached hydrogen (secondary N) is 1. The van der Waals surface area contributed by atoms with E-state index < -0.39 is 0 Å². The van der Waals surface area contributed by atoms with Crippen molar-refractivity contribution in [3.8, 4) is 0 Å². The van der Waals surface area contributed by atoms with E-state index in [1.54, 1.807) is 6.08 Å². The molecule has 3 aromatic rings. The van der Waals surface area contributed by atoms with Gasteiger partial charge < -0.3 is 0 Å². The summed E-state index contributed by atoms with van der Waals surface area (Å²) in [7, 11) is 0. The van der Waals surface area contributed by atoms with Crippen molar-refractivity contribution in [3.63, 3.8) is 0 Å². The molecule has 0 aliphatic heterocycles. The maximum Gasteiger partial charge on any atom is 0.250 e. The highest BCUT2D eigenvalue weighted by molar-refractivity contribution is 7.22. The highest BCUT2D eigenvalue weighted by Gasteiger charge is 2.07. The van der Waals surface area contributed by atoms with Gasteiger partial charge in [0.2, 0.25) is 5.91 Å². The summed E-state index contributed by atoms with van der Waals surface area (Å²) in [6, 6.07) is 14.0. The summed E-state index contributed by atoms with van der Waals surface area (Å²) in [5.74, 6) is -0.169. The van der Waals surface area contributed by atoms with E-state index in [0.717, 1.165) is 21.3 Å². The van der Waals surface area contributed by atoms with Crippen molar-refractivity contribution in [2.45, 2.75) is 13.8 Å². The molecule has 3 nitrogen and oxygen atoms in total. The number of nitrogens with zero attached hydrogens (tertiary/aromatic N) is 1. The maximum absolute atomic E-state index is 12.0. The van der Waals surface area contributed by atoms with E-state index in [2.05, 4.69) is 10.3 Å². The lowest BCUT2D eigenvalue weighted by Crippen LogP contribution is -2.07. The maximum atomic E-state index is 12.0. The van der Waals surface area contributed by atoms with E-state index in [9.17, 15) is 4.79 Å². The number of rotatable bonds is 3. The van der Waals surface area contributed by atoms with Crippen LogP contribution in [-0.4, -0.2) is 10.9 Å². The fourth-order valence-electron chi connectivity index (χ4n) is 2.14. The molecular weight excluding hydrogens is 292 g/mol. The van der Waals surface area contributed by atoms with Crippen LogP contribution < -0.4 is 5.32 Å². The lowest BCUT2D eigenvalue weighted by Gasteiger charge is -1.96. The summed E-state index contributed by atoms with van der Waals surface area (Å²) in [6.07, 6.45) is 3.33. The molecule has 2 aromatic carbocycles. The number of benzene rings is 2. The van der Waals surface area contributed by atoms with Crippen LogP contribution >= 0.6 is 11.3 Å². The lowest BCUT2D eigenvalue weighted by atomic mass is 10.1. The van der Waals surface area contributed by atoms with E-state index in [1.165, 1.54) is 23.0 Å². The smallest absolute Gasteiger partial charge is 0.250 e. The van der Waals surface area contributed by atoms with Crippen molar-refractivity contribution in [2.24, 2.45) is 0 Å².